The molecule has 0 bridgehead atoms. The van der Waals surface area contributed by atoms with Gasteiger partial charge in [0.1, 0.15) is 0 Å². The molecule has 1 amide bonds. The molecule has 0 aliphatic rings. The van der Waals surface area contributed by atoms with Gasteiger partial charge in [-0.3, -0.25) is 4.79 Å². The molecule has 2 aromatic carbocycles. The van der Waals surface area contributed by atoms with Crippen LogP contribution in [0.15, 0.2) is 36.4 Å². The van der Waals surface area contributed by atoms with Gasteiger partial charge >= 0.3 is 0 Å². The van der Waals surface area contributed by atoms with E-state index in [-0.39, 0.29) is 5.91 Å². The quantitative estimate of drug-likeness (QED) is 0.834. The van der Waals surface area contributed by atoms with Gasteiger partial charge in [0.05, 0.1) is 0 Å². The van der Waals surface area contributed by atoms with Gasteiger partial charge in [0, 0.05) is 16.9 Å². The highest BCUT2D eigenvalue weighted by atomic mass is 16.1. The van der Waals surface area contributed by atoms with Crippen LogP contribution in [0.25, 0.3) is 0 Å². The number of hydrogen-bond acceptors (Lipinski definition) is 2. The lowest BCUT2D eigenvalue weighted by Crippen LogP contribution is -2.15. The minimum atomic E-state index is -0.0709. The van der Waals surface area contributed by atoms with E-state index in [1.165, 1.54) is 0 Å². The summed E-state index contributed by atoms with van der Waals surface area (Å²) in [6, 6.07) is 11.4. The van der Waals surface area contributed by atoms with Gasteiger partial charge in [-0.05, 0) is 55.2 Å². The van der Waals surface area contributed by atoms with Crippen molar-refractivity contribution in [3.05, 3.63) is 58.7 Å². The zero-order valence-corrected chi connectivity index (χ0v) is 12.2. The van der Waals surface area contributed by atoms with Crippen molar-refractivity contribution in [1.29, 1.82) is 0 Å². The predicted molar refractivity (Wildman–Crippen MR) is 84.1 cm³/mol. The average Bonchev–Trinajstić information content (AvgIpc) is 2.42. The number of carbonyl (C=O) groups excluding carboxylic acids is 1. The average molecular weight is 268 g/mol. The molecule has 0 fully saturated rings. The van der Waals surface area contributed by atoms with Crippen LogP contribution >= 0.6 is 0 Å². The van der Waals surface area contributed by atoms with E-state index in [4.69, 9.17) is 5.73 Å². The topological polar surface area (TPSA) is 55.1 Å². The fourth-order valence-electron chi connectivity index (χ4n) is 2.43. The summed E-state index contributed by atoms with van der Waals surface area (Å²) in [7, 11) is 0. The number of nitrogen functional groups attached to an aromatic ring is 1. The van der Waals surface area contributed by atoms with Crippen molar-refractivity contribution in [2.75, 3.05) is 11.1 Å². The minimum Gasteiger partial charge on any atom is -0.399 e. The molecule has 0 saturated heterocycles. The van der Waals surface area contributed by atoms with E-state index in [2.05, 4.69) is 5.32 Å². The second-order valence-corrected chi connectivity index (χ2v) is 4.99. The summed E-state index contributed by atoms with van der Waals surface area (Å²) in [5.74, 6) is -0.0709. The van der Waals surface area contributed by atoms with Crippen molar-refractivity contribution in [1.82, 2.24) is 0 Å². The van der Waals surface area contributed by atoms with E-state index >= 15 is 0 Å². The standard InChI is InChI=1S/C17H20N2O/c1-4-13-7-5-6-8-15(13)17(20)19-16-11(2)9-14(18)10-12(16)3/h5-10H,4,18H2,1-3H3,(H,19,20). The Morgan fingerprint density at radius 2 is 1.75 bits per heavy atom. The zero-order chi connectivity index (χ0) is 14.7. The van der Waals surface area contributed by atoms with Crippen molar-refractivity contribution in [2.45, 2.75) is 27.2 Å². The van der Waals surface area contributed by atoms with E-state index in [0.717, 1.165) is 34.4 Å². The Morgan fingerprint density at radius 1 is 1.15 bits per heavy atom. The van der Waals surface area contributed by atoms with Crippen LogP contribution in [0.2, 0.25) is 0 Å². The molecular weight excluding hydrogens is 248 g/mol. The molecule has 0 radical (unpaired) electrons. The van der Waals surface area contributed by atoms with Crippen LogP contribution in [-0.2, 0) is 6.42 Å². The second-order valence-electron chi connectivity index (χ2n) is 4.99. The highest BCUT2D eigenvalue weighted by Gasteiger charge is 2.12. The molecule has 0 atom stereocenters. The Kier molecular flexibility index (Phi) is 4.08. The number of rotatable bonds is 3. The first-order chi connectivity index (χ1) is 9.52. The molecule has 0 spiro atoms. The van der Waals surface area contributed by atoms with Crippen LogP contribution in [-0.4, -0.2) is 5.91 Å². The van der Waals surface area contributed by atoms with Crippen molar-refractivity contribution in [3.63, 3.8) is 0 Å². The first kappa shape index (κ1) is 14.1. The Balaban J connectivity index is 2.33. The molecule has 0 unspecified atom stereocenters. The third-order valence-corrected chi connectivity index (χ3v) is 3.44. The summed E-state index contributed by atoms with van der Waals surface area (Å²) in [6.07, 6.45) is 0.837. The number of amides is 1. The summed E-state index contributed by atoms with van der Waals surface area (Å²) in [6.45, 7) is 5.95. The molecule has 0 aliphatic heterocycles. The summed E-state index contributed by atoms with van der Waals surface area (Å²) in [5, 5.41) is 3.00. The zero-order valence-electron chi connectivity index (χ0n) is 12.2. The molecule has 0 aliphatic carbocycles. The maximum atomic E-state index is 12.4. The second kappa shape index (κ2) is 5.78. The van der Waals surface area contributed by atoms with Gasteiger partial charge in [0.25, 0.3) is 5.91 Å². The van der Waals surface area contributed by atoms with E-state index in [1.54, 1.807) is 0 Å². The molecule has 0 saturated carbocycles. The minimum absolute atomic E-state index is 0.0709. The van der Waals surface area contributed by atoms with Crippen molar-refractivity contribution in [3.8, 4) is 0 Å². The molecular formula is C17H20N2O. The Hall–Kier alpha value is -2.29. The largest absolute Gasteiger partial charge is 0.399 e. The monoisotopic (exact) mass is 268 g/mol. The highest BCUT2D eigenvalue weighted by molar-refractivity contribution is 6.06. The van der Waals surface area contributed by atoms with Crippen molar-refractivity contribution >= 4 is 17.3 Å². The van der Waals surface area contributed by atoms with E-state index < -0.39 is 0 Å². The lowest BCUT2D eigenvalue weighted by Gasteiger charge is -2.14. The lowest BCUT2D eigenvalue weighted by molar-refractivity contribution is 0.102. The maximum absolute atomic E-state index is 12.4. The number of benzene rings is 2. The highest BCUT2D eigenvalue weighted by Crippen LogP contribution is 2.24. The van der Waals surface area contributed by atoms with Gasteiger partial charge in [0.15, 0.2) is 0 Å². The molecule has 20 heavy (non-hydrogen) atoms. The molecule has 0 aromatic heterocycles. The fourth-order valence-corrected chi connectivity index (χ4v) is 2.43. The van der Waals surface area contributed by atoms with Crippen molar-refractivity contribution in [2.24, 2.45) is 0 Å². The predicted octanol–water partition coefficient (Wildman–Crippen LogP) is 3.70. The van der Waals surface area contributed by atoms with Crippen LogP contribution in [0.1, 0.15) is 34.0 Å². The number of hydrogen-bond donors (Lipinski definition) is 2. The molecule has 2 aromatic rings. The first-order valence-corrected chi connectivity index (χ1v) is 6.79. The normalized spacial score (nSPS) is 10.3. The van der Waals surface area contributed by atoms with Gasteiger partial charge in [-0.2, -0.15) is 0 Å². The third-order valence-electron chi connectivity index (χ3n) is 3.44. The third kappa shape index (κ3) is 2.82. The van der Waals surface area contributed by atoms with Crippen LogP contribution in [0, 0.1) is 13.8 Å². The van der Waals surface area contributed by atoms with E-state index in [1.807, 2.05) is 57.2 Å². The molecule has 3 heteroatoms. The number of nitrogens with one attached hydrogen (secondary N) is 1. The summed E-state index contributed by atoms with van der Waals surface area (Å²) < 4.78 is 0. The fraction of sp³-hybridized carbons (Fsp3) is 0.235. The Labute approximate surface area is 119 Å². The van der Waals surface area contributed by atoms with Crippen LogP contribution in [0.5, 0.6) is 0 Å². The first-order valence-electron chi connectivity index (χ1n) is 6.79. The number of anilines is 2. The maximum Gasteiger partial charge on any atom is 0.255 e. The molecule has 104 valence electrons. The Morgan fingerprint density at radius 3 is 2.35 bits per heavy atom. The number of aryl methyl sites for hydroxylation is 3. The van der Waals surface area contributed by atoms with Crippen LogP contribution < -0.4 is 11.1 Å². The summed E-state index contributed by atoms with van der Waals surface area (Å²) >= 11 is 0. The lowest BCUT2D eigenvalue weighted by atomic mass is 10.0. The van der Waals surface area contributed by atoms with Gasteiger partial charge in [0.2, 0.25) is 0 Å². The molecule has 3 N–H and O–H groups in total. The van der Waals surface area contributed by atoms with Crippen LogP contribution in [0.3, 0.4) is 0 Å². The number of nitrogens with two attached hydrogens (primary N) is 1. The molecule has 3 nitrogen and oxygen atoms in total. The van der Waals surface area contributed by atoms with E-state index in [0.29, 0.717) is 5.69 Å². The Bertz CT molecular complexity index is 624. The molecule has 2 rings (SSSR count). The van der Waals surface area contributed by atoms with Crippen molar-refractivity contribution < 1.29 is 4.79 Å². The van der Waals surface area contributed by atoms with Crippen LogP contribution in [0.4, 0.5) is 11.4 Å². The van der Waals surface area contributed by atoms with Gasteiger partial charge in [-0.15, -0.1) is 0 Å². The molecule has 0 heterocycles. The van der Waals surface area contributed by atoms with Gasteiger partial charge in [-0.1, -0.05) is 25.1 Å². The summed E-state index contributed by atoms with van der Waals surface area (Å²) in [5.41, 5.74) is 11.1. The van der Waals surface area contributed by atoms with Gasteiger partial charge in [-0.25, -0.2) is 0 Å². The SMILES string of the molecule is CCc1ccccc1C(=O)Nc1c(C)cc(N)cc1C. The summed E-state index contributed by atoms with van der Waals surface area (Å²) in [4.78, 5) is 12.4. The number of carbonyl (C=O) groups is 1. The smallest absolute Gasteiger partial charge is 0.255 e. The van der Waals surface area contributed by atoms with Gasteiger partial charge < -0.3 is 11.1 Å². The van der Waals surface area contributed by atoms with E-state index in [9.17, 15) is 4.79 Å².